The van der Waals surface area contributed by atoms with Gasteiger partial charge in [0, 0.05) is 18.0 Å². The molecule has 1 aromatic rings. The molecule has 0 saturated heterocycles. The predicted octanol–water partition coefficient (Wildman–Crippen LogP) is 2.85. The van der Waals surface area contributed by atoms with Gasteiger partial charge in [-0.25, -0.2) is 0 Å². The van der Waals surface area contributed by atoms with E-state index in [0.29, 0.717) is 13.2 Å². The summed E-state index contributed by atoms with van der Waals surface area (Å²) in [5.41, 5.74) is 4.23. The molecule has 94 valence electrons. The molecule has 0 aliphatic heterocycles. The van der Waals surface area contributed by atoms with Crippen molar-refractivity contribution in [3.8, 4) is 12.1 Å². The number of H-pyrrole nitrogens is 1. The first-order chi connectivity index (χ1) is 8.67. The minimum atomic E-state index is 0.102. The third-order valence-corrected chi connectivity index (χ3v) is 2.84. The Morgan fingerprint density at radius 1 is 1.33 bits per heavy atom. The third kappa shape index (κ3) is 3.00. The predicted molar refractivity (Wildman–Crippen MR) is 69.4 cm³/mol. The maximum Gasteiger partial charge on any atom is 0.131 e. The number of allylic oxidation sites excluding steroid dienone is 1. The molecule has 1 heterocycles. The van der Waals surface area contributed by atoms with E-state index in [1.165, 1.54) is 5.56 Å². The quantitative estimate of drug-likeness (QED) is 0.808. The molecule has 0 aromatic carbocycles. The van der Waals surface area contributed by atoms with Crippen LogP contribution >= 0.6 is 0 Å². The number of nitriles is 2. The first-order valence-corrected chi connectivity index (χ1v) is 5.97. The van der Waals surface area contributed by atoms with Gasteiger partial charge in [-0.15, -0.1) is 0 Å². The Labute approximate surface area is 107 Å². The molecular formula is C14H17N3O. The standard InChI is InChI=1S/C14H17N3O/c1-4-12-10(3)13(6-11(7-15)8-16)17-14(12)9-18-5-2/h6,17H,4-5,9H2,1-3H3. The minimum absolute atomic E-state index is 0.102. The Kier molecular flexibility index (Phi) is 5.17. The van der Waals surface area contributed by atoms with Gasteiger partial charge in [-0.1, -0.05) is 6.92 Å². The summed E-state index contributed by atoms with van der Waals surface area (Å²) in [5, 5.41) is 17.5. The van der Waals surface area contributed by atoms with E-state index in [1.807, 2.05) is 26.0 Å². The second-order valence-electron chi connectivity index (χ2n) is 3.89. The first-order valence-electron chi connectivity index (χ1n) is 5.97. The molecule has 0 unspecified atom stereocenters. The molecule has 0 spiro atoms. The van der Waals surface area contributed by atoms with Crippen molar-refractivity contribution in [1.82, 2.24) is 4.98 Å². The molecule has 0 saturated carbocycles. The smallest absolute Gasteiger partial charge is 0.131 e. The topological polar surface area (TPSA) is 72.6 Å². The highest BCUT2D eigenvalue weighted by Gasteiger charge is 2.11. The van der Waals surface area contributed by atoms with Crippen LogP contribution in [0.2, 0.25) is 0 Å². The largest absolute Gasteiger partial charge is 0.376 e. The fourth-order valence-electron chi connectivity index (χ4n) is 1.90. The second-order valence-corrected chi connectivity index (χ2v) is 3.89. The number of hydrogen-bond donors (Lipinski definition) is 1. The first kappa shape index (κ1) is 14.0. The molecule has 0 fully saturated rings. The second kappa shape index (κ2) is 6.64. The van der Waals surface area contributed by atoms with Crippen LogP contribution in [0.15, 0.2) is 5.57 Å². The van der Waals surface area contributed by atoms with Crippen molar-refractivity contribution in [2.45, 2.75) is 33.8 Å². The average molecular weight is 243 g/mol. The Morgan fingerprint density at radius 2 is 2.00 bits per heavy atom. The maximum absolute atomic E-state index is 8.77. The van der Waals surface area contributed by atoms with Crippen LogP contribution in [0.1, 0.15) is 36.4 Å². The molecule has 0 amide bonds. The van der Waals surface area contributed by atoms with Crippen LogP contribution in [-0.2, 0) is 17.8 Å². The third-order valence-electron chi connectivity index (χ3n) is 2.84. The van der Waals surface area contributed by atoms with Gasteiger partial charge in [-0.3, -0.25) is 0 Å². The Morgan fingerprint density at radius 3 is 2.50 bits per heavy atom. The normalized spacial score (nSPS) is 9.61. The minimum Gasteiger partial charge on any atom is -0.376 e. The van der Waals surface area contributed by atoms with Gasteiger partial charge in [0.15, 0.2) is 0 Å². The Hall–Kier alpha value is -2.04. The van der Waals surface area contributed by atoms with Crippen LogP contribution in [0.4, 0.5) is 0 Å². The van der Waals surface area contributed by atoms with Crippen molar-refractivity contribution in [3.05, 3.63) is 28.1 Å². The van der Waals surface area contributed by atoms with Gasteiger partial charge in [-0.2, -0.15) is 10.5 Å². The van der Waals surface area contributed by atoms with E-state index in [4.69, 9.17) is 15.3 Å². The van der Waals surface area contributed by atoms with E-state index in [-0.39, 0.29) is 5.57 Å². The van der Waals surface area contributed by atoms with Gasteiger partial charge in [-0.05, 0) is 37.5 Å². The van der Waals surface area contributed by atoms with E-state index in [9.17, 15) is 0 Å². The number of aromatic amines is 1. The summed E-state index contributed by atoms with van der Waals surface area (Å²) in [6.07, 6.45) is 2.48. The van der Waals surface area contributed by atoms with E-state index in [2.05, 4.69) is 11.9 Å². The zero-order chi connectivity index (χ0) is 13.5. The van der Waals surface area contributed by atoms with Crippen molar-refractivity contribution >= 4 is 6.08 Å². The molecule has 4 heteroatoms. The van der Waals surface area contributed by atoms with Crippen molar-refractivity contribution in [2.24, 2.45) is 0 Å². The monoisotopic (exact) mass is 243 g/mol. The molecule has 0 atom stereocenters. The molecule has 0 bridgehead atoms. The summed E-state index contributed by atoms with van der Waals surface area (Å²) in [6.45, 7) is 7.21. The van der Waals surface area contributed by atoms with Gasteiger partial charge in [0.1, 0.15) is 17.7 Å². The zero-order valence-corrected chi connectivity index (χ0v) is 11.0. The van der Waals surface area contributed by atoms with Gasteiger partial charge < -0.3 is 9.72 Å². The Balaban J connectivity index is 3.16. The highest BCUT2D eigenvalue weighted by Crippen LogP contribution is 2.21. The molecule has 1 N–H and O–H groups in total. The lowest BCUT2D eigenvalue weighted by Gasteiger charge is -2.02. The van der Waals surface area contributed by atoms with Crippen molar-refractivity contribution < 1.29 is 4.74 Å². The molecule has 0 radical (unpaired) electrons. The average Bonchev–Trinajstić information content (AvgIpc) is 2.69. The van der Waals surface area contributed by atoms with Crippen molar-refractivity contribution in [2.75, 3.05) is 6.61 Å². The number of ether oxygens (including phenoxy) is 1. The summed E-state index contributed by atoms with van der Waals surface area (Å²) in [4.78, 5) is 3.23. The Bertz CT molecular complexity index is 510. The molecule has 18 heavy (non-hydrogen) atoms. The fourth-order valence-corrected chi connectivity index (χ4v) is 1.90. The van der Waals surface area contributed by atoms with Crippen molar-refractivity contribution in [1.29, 1.82) is 10.5 Å². The number of hydrogen-bond acceptors (Lipinski definition) is 3. The summed E-state index contributed by atoms with van der Waals surface area (Å²) in [5.74, 6) is 0. The van der Waals surface area contributed by atoms with Crippen molar-refractivity contribution in [3.63, 3.8) is 0 Å². The van der Waals surface area contributed by atoms with Crippen LogP contribution < -0.4 is 0 Å². The maximum atomic E-state index is 8.77. The van der Waals surface area contributed by atoms with Crippen LogP contribution in [0.5, 0.6) is 0 Å². The lowest BCUT2D eigenvalue weighted by Crippen LogP contribution is -1.96. The van der Waals surface area contributed by atoms with E-state index in [1.54, 1.807) is 6.08 Å². The molecule has 1 aromatic heterocycles. The van der Waals surface area contributed by atoms with E-state index >= 15 is 0 Å². The lowest BCUT2D eigenvalue weighted by molar-refractivity contribution is 0.131. The van der Waals surface area contributed by atoms with Gasteiger partial charge in [0.05, 0.1) is 6.61 Å². The number of aromatic nitrogens is 1. The van der Waals surface area contributed by atoms with Gasteiger partial charge in [0.2, 0.25) is 0 Å². The lowest BCUT2D eigenvalue weighted by atomic mass is 10.1. The molecule has 0 aliphatic rings. The molecule has 1 rings (SSSR count). The number of nitrogens with one attached hydrogen (secondary N) is 1. The highest BCUT2D eigenvalue weighted by atomic mass is 16.5. The summed E-state index contributed by atoms with van der Waals surface area (Å²) < 4.78 is 5.41. The summed E-state index contributed by atoms with van der Waals surface area (Å²) in [6, 6.07) is 3.73. The van der Waals surface area contributed by atoms with Gasteiger partial charge in [0.25, 0.3) is 0 Å². The summed E-state index contributed by atoms with van der Waals surface area (Å²) >= 11 is 0. The van der Waals surface area contributed by atoms with Crippen LogP contribution in [0.3, 0.4) is 0 Å². The van der Waals surface area contributed by atoms with Crippen LogP contribution in [-0.4, -0.2) is 11.6 Å². The van der Waals surface area contributed by atoms with E-state index in [0.717, 1.165) is 23.4 Å². The van der Waals surface area contributed by atoms with Gasteiger partial charge >= 0.3 is 0 Å². The number of nitrogens with zero attached hydrogens (tertiary/aromatic N) is 2. The highest BCUT2D eigenvalue weighted by molar-refractivity contribution is 5.63. The van der Waals surface area contributed by atoms with Crippen LogP contribution in [0, 0.1) is 29.6 Å². The van der Waals surface area contributed by atoms with E-state index < -0.39 is 0 Å². The molecular weight excluding hydrogens is 226 g/mol. The number of rotatable bonds is 5. The molecule has 4 nitrogen and oxygen atoms in total. The van der Waals surface area contributed by atoms with Crippen LogP contribution in [0.25, 0.3) is 6.08 Å². The fraction of sp³-hybridized carbons (Fsp3) is 0.429. The molecule has 0 aliphatic carbocycles. The summed E-state index contributed by atoms with van der Waals surface area (Å²) in [7, 11) is 0. The SMILES string of the molecule is CCOCc1[nH]c(C=C(C#N)C#N)c(C)c1CC. The zero-order valence-electron chi connectivity index (χ0n) is 11.0.